The van der Waals surface area contributed by atoms with Gasteiger partial charge in [-0.15, -0.1) is 0 Å². The molecule has 24 heavy (non-hydrogen) atoms. The van der Waals surface area contributed by atoms with E-state index in [1.165, 1.54) is 19.5 Å². The van der Waals surface area contributed by atoms with E-state index in [-0.39, 0.29) is 32.7 Å². The molecule has 5 nitrogen and oxygen atoms in total. The maximum Gasteiger partial charge on any atom is 0.359 e. The third-order valence-corrected chi connectivity index (χ3v) is 5.44. The molecule has 1 heterocycles. The third kappa shape index (κ3) is 4.52. The predicted octanol–water partition coefficient (Wildman–Crippen LogP) is 4.28. The Kier molecular flexibility index (Phi) is 6.72. The van der Waals surface area contributed by atoms with Crippen molar-refractivity contribution in [3.8, 4) is 0 Å². The van der Waals surface area contributed by atoms with Crippen LogP contribution in [-0.2, 0) is 9.53 Å². The number of pyridine rings is 1. The molecule has 1 aromatic rings. The van der Waals surface area contributed by atoms with Gasteiger partial charge in [-0.05, 0) is 25.7 Å². The molecule has 0 aliphatic heterocycles. The molecule has 0 unspecified atom stereocenters. The van der Waals surface area contributed by atoms with Crippen LogP contribution >= 0.6 is 34.8 Å². The van der Waals surface area contributed by atoms with Crippen LogP contribution < -0.4 is 5.32 Å². The van der Waals surface area contributed by atoms with Crippen LogP contribution in [0.25, 0.3) is 0 Å². The molecular formula is C16H19Cl3N2O3. The van der Waals surface area contributed by atoms with Gasteiger partial charge in [0.2, 0.25) is 0 Å². The molecule has 1 N–H and O–H groups in total. The quantitative estimate of drug-likeness (QED) is 0.775. The maximum absolute atomic E-state index is 12.2. The lowest BCUT2D eigenvalue weighted by Crippen LogP contribution is -2.46. The van der Waals surface area contributed by atoms with Gasteiger partial charge in [-0.1, -0.05) is 54.6 Å². The summed E-state index contributed by atoms with van der Waals surface area (Å²) in [5, 5.41) is 3.01. The average Bonchev–Trinajstić information content (AvgIpc) is 2.54. The van der Waals surface area contributed by atoms with E-state index in [0.717, 1.165) is 19.3 Å². The molecule has 0 radical (unpaired) electrons. The zero-order valence-corrected chi connectivity index (χ0v) is 15.7. The van der Waals surface area contributed by atoms with E-state index in [4.69, 9.17) is 39.5 Å². The standard InChI is InChI=1S/C16H19Cl3N2O3/c1-8-5-3-4-6-11(8)21-15(22)9(2)24-16(23)14-13(19)12(18)10(17)7-20-14/h7-9,11H,3-6H2,1-2H3,(H,21,22)/t8-,9-,11-/m0/s1. The summed E-state index contributed by atoms with van der Waals surface area (Å²) in [4.78, 5) is 28.2. The van der Waals surface area contributed by atoms with Crippen molar-refractivity contribution in [1.29, 1.82) is 0 Å². The average molecular weight is 394 g/mol. The SMILES string of the molecule is C[C@H](OC(=O)c1ncc(Cl)c(Cl)c1Cl)C(=O)N[C@H]1CCCC[C@@H]1C. The van der Waals surface area contributed by atoms with Crippen molar-refractivity contribution in [3.05, 3.63) is 27.0 Å². The smallest absolute Gasteiger partial charge is 0.359 e. The minimum absolute atomic E-state index is 0.0217. The molecule has 1 saturated carbocycles. The Morgan fingerprint density at radius 1 is 1.25 bits per heavy atom. The third-order valence-electron chi connectivity index (χ3n) is 4.20. The van der Waals surface area contributed by atoms with Crippen molar-refractivity contribution in [2.24, 2.45) is 5.92 Å². The number of ether oxygens (including phenoxy) is 1. The van der Waals surface area contributed by atoms with Crippen molar-refractivity contribution >= 4 is 46.7 Å². The van der Waals surface area contributed by atoms with Gasteiger partial charge in [0.15, 0.2) is 11.8 Å². The second kappa shape index (κ2) is 8.37. The lowest BCUT2D eigenvalue weighted by atomic mass is 9.86. The molecule has 1 fully saturated rings. The van der Waals surface area contributed by atoms with E-state index in [2.05, 4.69) is 17.2 Å². The highest BCUT2D eigenvalue weighted by atomic mass is 35.5. The lowest BCUT2D eigenvalue weighted by Gasteiger charge is -2.30. The number of halogens is 3. The van der Waals surface area contributed by atoms with Gasteiger partial charge in [0.25, 0.3) is 5.91 Å². The van der Waals surface area contributed by atoms with Crippen LogP contribution in [-0.4, -0.2) is 29.0 Å². The van der Waals surface area contributed by atoms with Crippen molar-refractivity contribution in [2.45, 2.75) is 51.7 Å². The van der Waals surface area contributed by atoms with Crippen LogP contribution in [0, 0.1) is 5.92 Å². The summed E-state index contributed by atoms with van der Waals surface area (Å²) in [5.74, 6) is -0.743. The summed E-state index contributed by atoms with van der Waals surface area (Å²) in [6, 6.07) is 0.110. The van der Waals surface area contributed by atoms with Crippen molar-refractivity contribution < 1.29 is 14.3 Å². The number of rotatable bonds is 4. The number of nitrogens with one attached hydrogen (secondary N) is 1. The van der Waals surface area contributed by atoms with Gasteiger partial charge in [-0.3, -0.25) is 4.79 Å². The molecule has 0 aromatic carbocycles. The van der Waals surface area contributed by atoms with Crippen LogP contribution in [0.4, 0.5) is 0 Å². The van der Waals surface area contributed by atoms with E-state index in [0.29, 0.717) is 5.92 Å². The van der Waals surface area contributed by atoms with E-state index in [9.17, 15) is 9.59 Å². The predicted molar refractivity (Wildman–Crippen MR) is 93.7 cm³/mol. The van der Waals surface area contributed by atoms with Crippen LogP contribution in [0.15, 0.2) is 6.20 Å². The highest BCUT2D eigenvalue weighted by Crippen LogP contribution is 2.31. The fourth-order valence-electron chi connectivity index (χ4n) is 2.69. The summed E-state index contributed by atoms with van der Waals surface area (Å²) in [6.07, 6.45) is 4.54. The molecule has 0 saturated heterocycles. The van der Waals surface area contributed by atoms with Crippen molar-refractivity contribution in [3.63, 3.8) is 0 Å². The molecule has 2 rings (SSSR count). The number of esters is 1. The van der Waals surface area contributed by atoms with Gasteiger partial charge in [-0.2, -0.15) is 0 Å². The Hall–Kier alpha value is -1.04. The second-order valence-corrected chi connectivity index (χ2v) is 7.17. The van der Waals surface area contributed by atoms with Gasteiger partial charge < -0.3 is 10.1 Å². The summed E-state index contributed by atoms with van der Waals surface area (Å²) in [7, 11) is 0. The fraction of sp³-hybridized carbons (Fsp3) is 0.562. The van der Waals surface area contributed by atoms with E-state index in [1.54, 1.807) is 0 Å². The van der Waals surface area contributed by atoms with Crippen molar-refractivity contribution in [1.82, 2.24) is 10.3 Å². The Balaban J connectivity index is 1.98. The Morgan fingerprint density at radius 2 is 1.92 bits per heavy atom. The highest BCUT2D eigenvalue weighted by molar-refractivity contribution is 6.48. The summed E-state index contributed by atoms with van der Waals surface area (Å²) in [6.45, 7) is 3.62. The first-order valence-electron chi connectivity index (χ1n) is 7.82. The van der Waals surface area contributed by atoms with Crippen LogP contribution in [0.5, 0.6) is 0 Å². The van der Waals surface area contributed by atoms with E-state index in [1.807, 2.05) is 0 Å². The van der Waals surface area contributed by atoms with Crippen LogP contribution in [0.1, 0.15) is 50.0 Å². The van der Waals surface area contributed by atoms with Crippen LogP contribution in [0.3, 0.4) is 0 Å². The van der Waals surface area contributed by atoms with E-state index < -0.39 is 12.1 Å². The Morgan fingerprint density at radius 3 is 2.58 bits per heavy atom. The molecule has 8 heteroatoms. The Bertz CT molecular complexity index is 639. The summed E-state index contributed by atoms with van der Waals surface area (Å²) < 4.78 is 5.15. The first kappa shape index (κ1) is 19.3. The van der Waals surface area contributed by atoms with Gasteiger partial charge in [-0.25, -0.2) is 9.78 Å². The maximum atomic E-state index is 12.2. The molecule has 1 aliphatic rings. The topological polar surface area (TPSA) is 68.3 Å². The number of nitrogens with zero attached hydrogens (tertiary/aromatic N) is 1. The normalized spacial score (nSPS) is 21.9. The molecule has 132 valence electrons. The minimum Gasteiger partial charge on any atom is -0.448 e. The zero-order chi connectivity index (χ0) is 17.9. The summed E-state index contributed by atoms with van der Waals surface area (Å²) in [5.41, 5.74) is -0.170. The molecule has 1 amide bonds. The fourth-order valence-corrected chi connectivity index (χ4v) is 3.24. The van der Waals surface area contributed by atoms with Crippen molar-refractivity contribution in [2.75, 3.05) is 0 Å². The first-order valence-corrected chi connectivity index (χ1v) is 8.95. The first-order chi connectivity index (χ1) is 11.3. The van der Waals surface area contributed by atoms with Gasteiger partial charge in [0.1, 0.15) is 0 Å². The number of amides is 1. The highest BCUT2D eigenvalue weighted by Gasteiger charge is 2.27. The Labute approximate surface area is 156 Å². The van der Waals surface area contributed by atoms with Gasteiger partial charge in [0.05, 0.1) is 15.1 Å². The second-order valence-electron chi connectivity index (χ2n) is 6.01. The number of hydrogen-bond acceptors (Lipinski definition) is 4. The molecule has 1 aromatic heterocycles. The zero-order valence-electron chi connectivity index (χ0n) is 13.4. The minimum atomic E-state index is -0.959. The molecule has 0 spiro atoms. The molecule has 3 atom stereocenters. The number of carbonyl (C=O) groups is 2. The molecule has 1 aliphatic carbocycles. The lowest BCUT2D eigenvalue weighted by molar-refractivity contribution is -0.130. The number of carbonyl (C=O) groups excluding carboxylic acids is 2. The van der Waals surface area contributed by atoms with E-state index >= 15 is 0 Å². The number of hydrogen-bond donors (Lipinski definition) is 1. The van der Waals surface area contributed by atoms with Gasteiger partial charge >= 0.3 is 5.97 Å². The largest absolute Gasteiger partial charge is 0.448 e. The number of aromatic nitrogens is 1. The molecule has 0 bridgehead atoms. The monoisotopic (exact) mass is 392 g/mol. The van der Waals surface area contributed by atoms with Gasteiger partial charge in [0, 0.05) is 12.2 Å². The summed E-state index contributed by atoms with van der Waals surface area (Å²) >= 11 is 17.6. The molecular weight excluding hydrogens is 375 g/mol. The van der Waals surface area contributed by atoms with Crippen LogP contribution in [0.2, 0.25) is 15.1 Å².